The number of anilines is 2. The van der Waals surface area contributed by atoms with Gasteiger partial charge in [-0.3, -0.25) is 9.36 Å². The molecule has 0 bridgehead atoms. The number of aryl methyl sites for hydroxylation is 2. The molecule has 6 heteroatoms. The van der Waals surface area contributed by atoms with E-state index < -0.39 is 0 Å². The molecule has 1 aliphatic heterocycles. The SMILES string of the molecule is CC1=C(C(=O)Nc2ccc(C)cc2C)[C@@H](c2ccc3oc4ccccc4c3c2)n2c(nc3ccccc32)N1. The summed E-state index contributed by atoms with van der Waals surface area (Å²) in [5.41, 5.74) is 8.89. The van der Waals surface area contributed by atoms with Gasteiger partial charge in [-0.25, -0.2) is 4.98 Å². The first-order chi connectivity index (χ1) is 18.5. The number of para-hydroxylation sites is 3. The van der Waals surface area contributed by atoms with Gasteiger partial charge >= 0.3 is 0 Å². The van der Waals surface area contributed by atoms with Crippen molar-refractivity contribution in [1.82, 2.24) is 9.55 Å². The van der Waals surface area contributed by atoms with E-state index in [1.807, 2.05) is 81.4 Å². The molecule has 1 aliphatic rings. The number of allylic oxidation sites excluding steroid dienone is 1. The summed E-state index contributed by atoms with van der Waals surface area (Å²) in [5, 5.41) is 8.66. The number of furan rings is 1. The molecule has 0 aliphatic carbocycles. The molecule has 0 fully saturated rings. The number of aromatic nitrogens is 2. The summed E-state index contributed by atoms with van der Waals surface area (Å²) in [6.07, 6.45) is 0. The van der Waals surface area contributed by atoms with Crippen molar-refractivity contribution in [3.8, 4) is 0 Å². The van der Waals surface area contributed by atoms with Crippen molar-refractivity contribution < 1.29 is 9.21 Å². The zero-order valence-electron chi connectivity index (χ0n) is 21.4. The van der Waals surface area contributed by atoms with Gasteiger partial charge < -0.3 is 15.1 Å². The number of imidazole rings is 1. The van der Waals surface area contributed by atoms with E-state index in [0.717, 1.165) is 61.0 Å². The van der Waals surface area contributed by atoms with Crippen LogP contribution in [0.25, 0.3) is 33.0 Å². The van der Waals surface area contributed by atoms with Crippen molar-refractivity contribution in [2.75, 3.05) is 10.6 Å². The maximum atomic E-state index is 14.0. The fraction of sp³-hybridized carbons (Fsp3) is 0.125. The second kappa shape index (κ2) is 8.35. The van der Waals surface area contributed by atoms with Crippen LogP contribution in [-0.4, -0.2) is 15.5 Å². The number of carbonyl (C=O) groups excluding carboxylic acids is 1. The predicted octanol–water partition coefficient (Wildman–Crippen LogP) is 7.48. The minimum atomic E-state index is -0.387. The summed E-state index contributed by atoms with van der Waals surface area (Å²) < 4.78 is 8.22. The molecular weight excluding hydrogens is 472 g/mol. The standard InChI is InChI=1S/C32H26N4O2/c1-18-12-14-24(19(2)16-18)34-31(37)29-20(3)33-32-35-25-9-5-6-10-26(25)36(32)30(29)21-13-15-28-23(17-21)22-8-4-7-11-27(22)38-28/h4-17,30H,1-3H3,(H,33,35)(H,34,37)/t30-/m1/s1. The third-order valence-electron chi connectivity index (χ3n) is 7.42. The number of amides is 1. The Kier molecular flexibility index (Phi) is 4.91. The van der Waals surface area contributed by atoms with Gasteiger partial charge in [0.1, 0.15) is 11.2 Å². The maximum absolute atomic E-state index is 14.0. The normalized spacial score (nSPS) is 15.2. The van der Waals surface area contributed by atoms with Crippen molar-refractivity contribution in [1.29, 1.82) is 0 Å². The Morgan fingerprint density at radius 1 is 0.895 bits per heavy atom. The van der Waals surface area contributed by atoms with Gasteiger partial charge in [-0.05, 0) is 68.3 Å². The van der Waals surface area contributed by atoms with E-state index >= 15 is 0 Å². The number of fused-ring (bicyclic) bond motifs is 6. The molecule has 0 unspecified atom stereocenters. The summed E-state index contributed by atoms with van der Waals surface area (Å²) in [6, 6.07) is 27.9. The number of hydrogen-bond donors (Lipinski definition) is 2. The Bertz CT molecular complexity index is 1940. The highest BCUT2D eigenvalue weighted by atomic mass is 16.3. The van der Waals surface area contributed by atoms with E-state index in [1.165, 1.54) is 0 Å². The minimum absolute atomic E-state index is 0.146. The van der Waals surface area contributed by atoms with Crippen LogP contribution >= 0.6 is 0 Å². The maximum Gasteiger partial charge on any atom is 0.255 e. The summed E-state index contributed by atoms with van der Waals surface area (Å²) in [7, 11) is 0. The van der Waals surface area contributed by atoms with Crippen LogP contribution in [0.2, 0.25) is 0 Å². The molecule has 2 aromatic heterocycles. The predicted molar refractivity (Wildman–Crippen MR) is 152 cm³/mol. The monoisotopic (exact) mass is 498 g/mol. The van der Waals surface area contributed by atoms with Crippen LogP contribution in [0.4, 0.5) is 11.6 Å². The molecule has 0 saturated heterocycles. The number of carbonyl (C=O) groups is 1. The molecule has 0 saturated carbocycles. The van der Waals surface area contributed by atoms with Gasteiger partial charge in [0.25, 0.3) is 5.91 Å². The Balaban J connectivity index is 1.43. The lowest BCUT2D eigenvalue weighted by Crippen LogP contribution is -2.31. The summed E-state index contributed by atoms with van der Waals surface area (Å²) >= 11 is 0. The molecule has 0 radical (unpaired) electrons. The molecule has 0 spiro atoms. The van der Waals surface area contributed by atoms with Crippen molar-refractivity contribution in [2.45, 2.75) is 26.8 Å². The lowest BCUT2D eigenvalue weighted by atomic mass is 9.93. The minimum Gasteiger partial charge on any atom is -0.456 e. The zero-order valence-corrected chi connectivity index (χ0v) is 21.4. The highest BCUT2D eigenvalue weighted by Crippen LogP contribution is 2.41. The van der Waals surface area contributed by atoms with E-state index in [-0.39, 0.29) is 11.9 Å². The highest BCUT2D eigenvalue weighted by molar-refractivity contribution is 6.08. The molecule has 6 aromatic rings. The van der Waals surface area contributed by atoms with Crippen molar-refractivity contribution >= 4 is 50.5 Å². The van der Waals surface area contributed by atoms with Crippen LogP contribution in [0, 0.1) is 13.8 Å². The van der Waals surface area contributed by atoms with Gasteiger partial charge in [0.2, 0.25) is 5.95 Å². The molecule has 6 nitrogen and oxygen atoms in total. The Labute approximate surface area is 219 Å². The molecule has 3 heterocycles. The highest BCUT2D eigenvalue weighted by Gasteiger charge is 2.34. The quantitative estimate of drug-likeness (QED) is 0.265. The van der Waals surface area contributed by atoms with Crippen LogP contribution in [0.15, 0.2) is 101 Å². The van der Waals surface area contributed by atoms with Gasteiger partial charge in [-0.1, -0.05) is 54.1 Å². The second-order valence-corrected chi connectivity index (χ2v) is 9.99. The van der Waals surface area contributed by atoms with Gasteiger partial charge in [0.15, 0.2) is 0 Å². The van der Waals surface area contributed by atoms with Crippen molar-refractivity contribution in [3.05, 3.63) is 113 Å². The number of benzene rings is 4. The smallest absolute Gasteiger partial charge is 0.255 e. The molecule has 1 atom stereocenters. The summed E-state index contributed by atoms with van der Waals surface area (Å²) in [4.78, 5) is 18.9. The number of hydrogen-bond acceptors (Lipinski definition) is 4. The first kappa shape index (κ1) is 22.4. The van der Waals surface area contributed by atoms with Gasteiger partial charge in [-0.2, -0.15) is 0 Å². The van der Waals surface area contributed by atoms with Gasteiger partial charge in [0.05, 0.1) is 22.6 Å². The number of rotatable bonds is 3. The topological polar surface area (TPSA) is 72.1 Å². The van der Waals surface area contributed by atoms with Gasteiger partial charge in [0, 0.05) is 22.2 Å². The van der Waals surface area contributed by atoms with Crippen molar-refractivity contribution in [2.24, 2.45) is 0 Å². The molecule has 186 valence electrons. The van der Waals surface area contributed by atoms with Crippen LogP contribution in [0.1, 0.15) is 29.7 Å². The lowest BCUT2D eigenvalue weighted by molar-refractivity contribution is -0.113. The molecule has 7 rings (SSSR count). The Morgan fingerprint density at radius 3 is 2.55 bits per heavy atom. The molecule has 1 amide bonds. The van der Waals surface area contributed by atoms with E-state index in [4.69, 9.17) is 9.40 Å². The fourth-order valence-corrected chi connectivity index (χ4v) is 5.63. The number of nitrogens with zero attached hydrogens (tertiary/aromatic N) is 2. The second-order valence-electron chi connectivity index (χ2n) is 9.99. The number of nitrogens with one attached hydrogen (secondary N) is 2. The first-order valence-corrected chi connectivity index (χ1v) is 12.7. The van der Waals surface area contributed by atoms with Crippen LogP contribution in [-0.2, 0) is 4.79 Å². The largest absolute Gasteiger partial charge is 0.456 e. The average Bonchev–Trinajstić information content (AvgIpc) is 3.47. The van der Waals surface area contributed by atoms with E-state index in [1.54, 1.807) is 0 Å². The van der Waals surface area contributed by atoms with Crippen LogP contribution in [0.5, 0.6) is 0 Å². The molecule has 38 heavy (non-hydrogen) atoms. The van der Waals surface area contributed by atoms with Crippen LogP contribution in [0.3, 0.4) is 0 Å². The van der Waals surface area contributed by atoms with E-state index in [0.29, 0.717) is 11.5 Å². The fourth-order valence-electron chi connectivity index (χ4n) is 5.63. The molecule has 4 aromatic carbocycles. The zero-order chi connectivity index (χ0) is 26.0. The molecule has 2 N–H and O–H groups in total. The van der Waals surface area contributed by atoms with Gasteiger partial charge in [-0.15, -0.1) is 0 Å². The lowest BCUT2D eigenvalue weighted by Gasteiger charge is -2.31. The Morgan fingerprint density at radius 2 is 1.68 bits per heavy atom. The van der Waals surface area contributed by atoms with Crippen LogP contribution < -0.4 is 10.6 Å². The summed E-state index contributed by atoms with van der Waals surface area (Å²) in [6.45, 7) is 6.01. The van der Waals surface area contributed by atoms with Crippen molar-refractivity contribution in [3.63, 3.8) is 0 Å². The third kappa shape index (κ3) is 3.41. The molecular formula is C32H26N4O2. The Hall–Kier alpha value is -4.84. The van der Waals surface area contributed by atoms with E-state index in [9.17, 15) is 4.79 Å². The summed E-state index contributed by atoms with van der Waals surface area (Å²) in [5.74, 6) is 0.571. The third-order valence-corrected chi connectivity index (χ3v) is 7.42. The first-order valence-electron chi connectivity index (χ1n) is 12.7. The average molecular weight is 499 g/mol. The van der Waals surface area contributed by atoms with E-state index in [2.05, 4.69) is 39.5 Å².